The van der Waals surface area contributed by atoms with Gasteiger partial charge in [0.05, 0.1) is 23.3 Å². The van der Waals surface area contributed by atoms with Crippen LogP contribution in [-0.2, 0) is 16.1 Å². The van der Waals surface area contributed by atoms with Gasteiger partial charge in [-0.1, -0.05) is 28.1 Å². The SMILES string of the molecule is O=C(c1ccc([N+](=O)[O-])cc1)N(Cc1ccc(Br)cc1)N1C(=O)[C@@H]2[C@H]3CC[C@@H](C3)[C@H]2C1=O. The summed E-state index contributed by atoms with van der Waals surface area (Å²) in [6.45, 7) is 0.0371. The predicted molar refractivity (Wildman–Crippen MR) is 117 cm³/mol. The highest BCUT2D eigenvalue weighted by atomic mass is 79.9. The largest absolute Gasteiger partial charge is 0.273 e. The van der Waals surface area contributed by atoms with E-state index in [9.17, 15) is 24.5 Å². The van der Waals surface area contributed by atoms with Crippen LogP contribution in [0.1, 0.15) is 35.2 Å². The van der Waals surface area contributed by atoms with Gasteiger partial charge in [0.2, 0.25) is 0 Å². The van der Waals surface area contributed by atoms with Crippen molar-refractivity contribution >= 4 is 39.3 Å². The smallest absolute Gasteiger partial charge is 0.272 e. The van der Waals surface area contributed by atoms with E-state index >= 15 is 0 Å². The Labute approximate surface area is 192 Å². The molecule has 3 aliphatic rings. The Kier molecular flexibility index (Phi) is 5.08. The summed E-state index contributed by atoms with van der Waals surface area (Å²) in [6, 6.07) is 12.5. The first kappa shape index (κ1) is 20.8. The maximum Gasteiger partial charge on any atom is 0.273 e. The molecule has 3 fully saturated rings. The number of amides is 3. The van der Waals surface area contributed by atoms with E-state index in [1.807, 2.05) is 24.3 Å². The Hall–Kier alpha value is -3.07. The fourth-order valence-electron chi connectivity index (χ4n) is 5.50. The van der Waals surface area contributed by atoms with Gasteiger partial charge in [-0.15, -0.1) is 0 Å². The van der Waals surface area contributed by atoms with Crippen LogP contribution in [0.2, 0.25) is 0 Å². The molecule has 2 saturated carbocycles. The number of carbonyl (C=O) groups is 3. The van der Waals surface area contributed by atoms with E-state index in [0.29, 0.717) is 0 Å². The van der Waals surface area contributed by atoms with Gasteiger partial charge in [0.15, 0.2) is 0 Å². The van der Waals surface area contributed by atoms with Crippen molar-refractivity contribution in [2.24, 2.45) is 23.7 Å². The third kappa shape index (κ3) is 3.31. The molecule has 0 N–H and O–H groups in total. The number of hydrogen-bond donors (Lipinski definition) is 0. The normalized spacial score (nSPS) is 25.8. The number of imide groups is 1. The topological polar surface area (TPSA) is 101 Å². The van der Waals surface area contributed by atoms with Gasteiger partial charge in [0.1, 0.15) is 0 Å². The van der Waals surface area contributed by atoms with Crippen LogP contribution in [0.3, 0.4) is 0 Å². The summed E-state index contributed by atoms with van der Waals surface area (Å²) in [5.41, 5.74) is 0.790. The highest BCUT2D eigenvalue weighted by Crippen LogP contribution is 2.56. The summed E-state index contributed by atoms with van der Waals surface area (Å²) >= 11 is 3.38. The fourth-order valence-corrected chi connectivity index (χ4v) is 5.77. The molecule has 32 heavy (non-hydrogen) atoms. The quantitative estimate of drug-likeness (QED) is 0.353. The average Bonchev–Trinajstić information content (AvgIpc) is 3.47. The molecule has 1 aliphatic heterocycles. The second-order valence-electron chi connectivity index (χ2n) is 8.67. The minimum atomic E-state index is -0.545. The van der Waals surface area contributed by atoms with Crippen molar-refractivity contribution in [3.05, 3.63) is 74.2 Å². The van der Waals surface area contributed by atoms with Crippen LogP contribution in [0.25, 0.3) is 0 Å². The molecule has 1 saturated heterocycles. The van der Waals surface area contributed by atoms with Gasteiger partial charge in [0.25, 0.3) is 23.4 Å². The lowest BCUT2D eigenvalue weighted by molar-refractivity contribution is -0.384. The summed E-state index contributed by atoms with van der Waals surface area (Å²) in [4.78, 5) is 50.6. The van der Waals surface area contributed by atoms with E-state index < -0.39 is 10.8 Å². The summed E-state index contributed by atoms with van der Waals surface area (Å²) in [5.74, 6) is -1.45. The van der Waals surface area contributed by atoms with Crippen LogP contribution in [0.4, 0.5) is 5.69 Å². The van der Waals surface area contributed by atoms with Gasteiger partial charge in [-0.3, -0.25) is 24.5 Å². The molecule has 0 aromatic heterocycles. The molecule has 1 heterocycles. The number of hydrogen-bond acceptors (Lipinski definition) is 5. The standard InChI is InChI=1S/C23H20BrN3O5/c24-17-7-1-13(2-8-17)12-25(21(28)14-5-9-18(10-6-14)27(31)32)26-22(29)19-15-3-4-16(11-15)20(19)23(26)30/h1-2,5-10,15-16,19-20H,3-4,11-12H2/t15-,16-,19+,20+/m0/s1. The number of rotatable bonds is 5. The zero-order valence-corrected chi connectivity index (χ0v) is 18.6. The van der Waals surface area contributed by atoms with E-state index in [0.717, 1.165) is 34.3 Å². The van der Waals surface area contributed by atoms with Crippen LogP contribution >= 0.6 is 15.9 Å². The first-order valence-electron chi connectivity index (χ1n) is 10.5. The highest BCUT2D eigenvalue weighted by Gasteiger charge is 2.62. The lowest BCUT2D eigenvalue weighted by Crippen LogP contribution is -2.50. The minimum Gasteiger partial charge on any atom is -0.272 e. The molecule has 0 unspecified atom stereocenters. The van der Waals surface area contributed by atoms with Crippen LogP contribution in [-0.4, -0.2) is 32.7 Å². The van der Waals surface area contributed by atoms with Crippen LogP contribution in [0.15, 0.2) is 53.0 Å². The fraction of sp³-hybridized carbons (Fsp3) is 0.348. The van der Waals surface area contributed by atoms with Crippen molar-refractivity contribution < 1.29 is 19.3 Å². The lowest BCUT2D eigenvalue weighted by atomic mass is 9.81. The molecule has 3 amide bonds. The lowest BCUT2D eigenvalue weighted by Gasteiger charge is -2.31. The van der Waals surface area contributed by atoms with Crippen molar-refractivity contribution in [2.75, 3.05) is 0 Å². The third-order valence-corrected chi connectivity index (χ3v) is 7.48. The molecule has 0 spiro atoms. The Morgan fingerprint density at radius 3 is 2.09 bits per heavy atom. The molecular formula is C23H20BrN3O5. The number of carbonyl (C=O) groups excluding carboxylic acids is 3. The maximum absolute atomic E-state index is 13.5. The monoisotopic (exact) mass is 497 g/mol. The Balaban J connectivity index is 1.50. The first-order valence-corrected chi connectivity index (χ1v) is 11.3. The zero-order valence-electron chi connectivity index (χ0n) is 17.0. The van der Waals surface area contributed by atoms with Crippen LogP contribution in [0, 0.1) is 33.8 Å². The molecule has 8 nitrogen and oxygen atoms in total. The van der Waals surface area contributed by atoms with Gasteiger partial charge in [-0.2, -0.15) is 5.01 Å². The molecule has 2 aliphatic carbocycles. The molecule has 164 valence electrons. The molecule has 2 aromatic carbocycles. The zero-order chi connectivity index (χ0) is 22.6. The number of nitro benzene ring substituents is 1. The van der Waals surface area contributed by atoms with Crippen LogP contribution < -0.4 is 0 Å². The van der Waals surface area contributed by atoms with Gasteiger partial charge in [-0.25, -0.2) is 5.01 Å². The first-order chi connectivity index (χ1) is 15.3. The summed E-state index contributed by atoms with van der Waals surface area (Å²) in [5, 5.41) is 13.2. The third-order valence-electron chi connectivity index (χ3n) is 6.95. The van der Waals surface area contributed by atoms with Crippen molar-refractivity contribution in [3.63, 3.8) is 0 Å². The second kappa shape index (κ2) is 7.81. The van der Waals surface area contributed by atoms with Crippen molar-refractivity contribution in [1.82, 2.24) is 10.0 Å². The van der Waals surface area contributed by atoms with E-state index in [-0.39, 0.29) is 53.3 Å². The van der Waals surface area contributed by atoms with E-state index in [2.05, 4.69) is 15.9 Å². The van der Waals surface area contributed by atoms with Gasteiger partial charge in [0, 0.05) is 22.2 Å². The van der Waals surface area contributed by atoms with Gasteiger partial charge in [-0.05, 0) is 60.9 Å². The second-order valence-corrected chi connectivity index (χ2v) is 9.58. The van der Waals surface area contributed by atoms with Crippen molar-refractivity contribution in [1.29, 1.82) is 0 Å². The van der Waals surface area contributed by atoms with E-state index in [4.69, 9.17) is 0 Å². The highest BCUT2D eigenvalue weighted by molar-refractivity contribution is 9.10. The molecule has 0 radical (unpaired) electrons. The molecule has 9 heteroatoms. The molecule has 2 aromatic rings. The van der Waals surface area contributed by atoms with Crippen LogP contribution in [0.5, 0.6) is 0 Å². The number of benzene rings is 2. The minimum absolute atomic E-state index is 0.0371. The van der Waals surface area contributed by atoms with Gasteiger partial charge >= 0.3 is 0 Å². The number of nitro groups is 1. The van der Waals surface area contributed by atoms with E-state index in [1.54, 1.807) is 0 Å². The Bertz CT molecular complexity index is 1090. The summed E-state index contributed by atoms with van der Waals surface area (Å²) < 4.78 is 0.869. The van der Waals surface area contributed by atoms with Crippen molar-refractivity contribution in [2.45, 2.75) is 25.8 Å². The Morgan fingerprint density at radius 1 is 1.00 bits per heavy atom. The summed E-state index contributed by atoms with van der Waals surface area (Å²) in [6.07, 6.45) is 2.80. The number of nitrogens with zero attached hydrogens (tertiary/aromatic N) is 3. The molecule has 4 atom stereocenters. The molecule has 2 bridgehead atoms. The number of non-ortho nitro benzene ring substituents is 1. The average molecular weight is 498 g/mol. The maximum atomic E-state index is 13.5. The number of halogens is 1. The predicted octanol–water partition coefficient (Wildman–Crippen LogP) is 3.95. The Morgan fingerprint density at radius 2 is 1.56 bits per heavy atom. The number of hydrazine groups is 1. The molecular weight excluding hydrogens is 478 g/mol. The van der Waals surface area contributed by atoms with Crippen molar-refractivity contribution in [3.8, 4) is 0 Å². The summed E-state index contributed by atoms with van der Waals surface area (Å²) in [7, 11) is 0. The van der Waals surface area contributed by atoms with E-state index in [1.165, 1.54) is 29.3 Å². The molecule has 5 rings (SSSR count). The number of fused-ring (bicyclic) bond motifs is 5. The van der Waals surface area contributed by atoms with Gasteiger partial charge < -0.3 is 0 Å².